The average Bonchev–Trinajstić information content (AvgIpc) is 3.29. The number of halogens is 1. The Hall–Kier alpha value is -3.98. The first-order valence-corrected chi connectivity index (χ1v) is 10.9. The number of aryl methyl sites for hydroxylation is 2. The summed E-state index contributed by atoms with van der Waals surface area (Å²) in [5, 5.41) is 10.5. The fourth-order valence-corrected chi connectivity index (χ4v) is 3.36. The van der Waals surface area contributed by atoms with E-state index in [-0.39, 0.29) is 24.2 Å². The van der Waals surface area contributed by atoms with Crippen LogP contribution in [0.3, 0.4) is 0 Å². The predicted octanol–water partition coefficient (Wildman–Crippen LogP) is 4.25. The summed E-state index contributed by atoms with van der Waals surface area (Å²) < 4.78 is 10.9. The normalized spacial score (nSPS) is 10.7. The topological polar surface area (TPSA) is 115 Å². The van der Waals surface area contributed by atoms with Gasteiger partial charge in [-0.3, -0.25) is 9.78 Å². The van der Waals surface area contributed by atoms with E-state index >= 15 is 0 Å². The number of hydrogen-bond acceptors (Lipinski definition) is 8. The molecule has 0 spiro atoms. The highest BCUT2D eigenvalue weighted by Crippen LogP contribution is 2.16. The SMILES string of the molecule is Cc1cc(CNC(=O)c2cc(COc3nc(C)cc(NCc4cccc(Cl)c4)n3)on2)ccn1. The fraction of sp³-hybridized carbons (Fsp3) is 0.208. The summed E-state index contributed by atoms with van der Waals surface area (Å²) in [4.78, 5) is 25.2. The van der Waals surface area contributed by atoms with E-state index in [0.29, 0.717) is 29.7 Å². The minimum absolute atomic E-state index is 0.0288. The van der Waals surface area contributed by atoms with E-state index in [1.165, 1.54) is 6.07 Å². The molecular weight excluding hydrogens is 456 g/mol. The van der Waals surface area contributed by atoms with E-state index < -0.39 is 0 Å². The molecule has 0 atom stereocenters. The van der Waals surface area contributed by atoms with Crippen molar-refractivity contribution in [1.82, 2.24) is 25.4 Å². The van der Waals surface area contributed by atoms with Crippen molar-refractivity contribution >= 4 is 23.3 Å². The zero-order chi connectivity index (χ0) is 23.9. The third kappa shape index (κ3) is 6.52. The molecule has 0 saturated carbocycles. The number of ether oxygens (including phenoxy) is 1. The van der Waals surface area contributed by atoms with E-state index in [1.54, 1.807) is 6.20 Å². The number of benzene rings is 1. The zero-order valence-electron chi connectivity index (χ0n) is 18.7. The number of carbonyl (C=O) groups is 1. The number of amides is 1. The van der Waals surface area contributed by atoms with Crippen LogP contribution in [0.25, 0.3) is 0 Å². The predicted molar refractivity (Wildman–Crippen MR) is 127 cm³/mol. The molecule has 0 aliphatic rings. The monoisotopic (exact) mass is 478 g/mol. The van der Waals surface area contributed by atoms with Gasteiger partial charge in [-0.05, 0) is 49.2 Å². The number of rotatable bonds is 9. The van der Waals surface area contributed by atoms with E-state index in [4.69, 9.17) is 20.9 Å². The van der Waals surface area contributed by atoms with Gasteiger partial charge in [-0.1, -0.05) is 28.9 Å². The van der Waals surface area contributed by atoms with Gasteiger partial charge in [0.05, 0.1) is 0 Å². The third-order valence-corrected chi connectivity index (χ3v) is 4.98. The molecule has 174 valence electrons. The standard InChI is InChI=1S/C24H23ClN6O3/c1-15-8-18(6-7-26-15)13-28-23(32)21-11-20(34-31-21)14-33-24-29-16(2)9-22(30-24)27-12-17-4-3-5-19(25)10-17/h3-11H,12-14H2,1-2H3,(H,28,32)(H,27,29,30). The zero-order valence-corrected chi connectivity index (χ0v) is 19.5. The van der Waals surface area contributed by atoms with Gasteiger partial charge in [0.1, 0.15) is 5.82 Å². The van der Waals surface area contributed by atoms with Crippen molar-refractivity contribution in [2.45, 2.75) is 33.5 Å². The second kappa shape index (κ2) is 10.8. The molecule has 9 nitrogen and oxygen atoms in total. The van der Waals surface area contributed by atoms with Crippen molar-refractivity contribution in [2.24, 2.45) is 0 Å². The molecule has 34 heavy (non-hydrogen) atoms. The van der Waals surface area contributed by atoms with Gasteiger partial charge in [-0.15, -0.1) is 0 Å². The average molecular weight is 479 g/mol. The van der Waals surface area contributed by atoms with Crippen molar-refractivity contribution in [3.8, 4) is 6.01 Å². The summed E-state index contributed by atoms with van der Waals surface area (Å²) in [6, 6.07) is 14.9. The summed E-state index contributed by atoms with van der Waals surface area (Å²) in [5.74, 6) is 0.652. The molecule has 4 aromatic rings. The van der Waals surface area contributed by atoms with Gasteiger partial charge < -0.3 is 19.9 Å². The molecular formula is C24H23ClN6O3. The number of pyridine rings is 1. The van der Waals surface area contributed by atoms with Gasteiger partial charge in [-0.25, -0.2) is 4.98 Å². The molecule has 0 radical (unpaired) electrons. The number of hydrogen-bond donors (Lipinski definition) is 2. The highest BCUT2D eigenvalue weighted by atomic mass is 35.5. The first-order chi connectivity index (χ1) is 16.4. The van der Waals surface area contributed by atoms with Crippen LogP contribution < -0.4 is 15.4 Å². The minimum atomic E-state index is -0.344. The van der Waals surface area contributed by atoms with Crippen LogP contribution in [0, 0.1) is 13.8 Å². The van der Waals surface area contributed by atoms with Crippen LogP contribution >= 0.6 is 11.6 Å². The van der Waals surface area contributed by atoms with Crippen LogP contribution in [0.4, 0.5) is 5.82 Å². The highest BCUT2D eigenvalue weighted by molar-refractivity contribution is 6.30. The molecule has 1 aromatic carbocycles. The quantitative estimate of drug-likeness (QED) is 0.367. The van der Waals surface area contributed by atoms with Crippen molar-refractivity contribution < 1.29 is 14.1 Å². The van der Waals surface area contributed by atoms with Crippen molar-refractivity contribution in [2.75, 3.05) is 5.32 Å². The Bertz CT molecular complexity index is 1290. The van der Waals surface area contributed by atoms with Gasteiger partial charge in [0.25, 0.3) is 5.91 Å². The van der Waals surface area contributed by atoms with Gasteiger partial charge in [0, 0.05) is 47.8 Å². The second-order valence-corrected chi connectivity index (χ2v) is 8.05. The van der Waals surface area contributed by atoms with Crippen LogP contribution in [0.1, 0.15) is 38.8 Å². The molecule has 0 aliphatic heterocycles. The van der Waals surface area contributed by atoms with Gasteiger partial charge in [-0.2, -0.15) is 4.98 Å². The van der Waals surface area contributed by atoms with E-state index in [9.17, 15) is 4.79 Å². The maximum absolute atomic E-state index is 12.4. The first kappa shape index (κ1) is 23.2. The van der Waals surface area contributed by atoms with Crippen molar-refractivity contribution in [3.05, 3.63) is 93.7 Å². The van der Waals surface area contributed by atoms with Crippen LogP contribution in [0.5, 0.6) is 6.01 Å². The highest BCUT2D eigenvalue weighted by Gasteiger charge is 2.14. The van der Waals surface area contributed by atoms with Gasteiger partial charge >= 0.3 is 6.01 Å². The third-order valence-electron chi connectivity index (χ3n) is 4.75. The summed E-state index contributed by atoms with van der Waals surface area (Å²) in [6.07, 6.45) is 1.70. The van der Waals surface area contributed by atoms with Crippen molar-refractivity contribution in [1.29, 1.82) is 0 Å². The Morgan fingerprint density at radius 3 is 2.71 bits per heavy atom. The number of nitrogens with zero attached hydrogens (tertiary/aromatic N) is 4. The minimum Gasteiger partial charge on any atom is -0.455 e. The Morgan fingerprint density at radius 2 is 1.88 bits per heavy atom. The van der Waals surface area contributed by atoms with E-state index in [1.807, 2.05) is 56.3 Å². The maximum Gasteiger partial charge on any atom is 0.319 e. The Kier molecular flexibility index (Phi) is 7.34. The lowest BCUT2D eigenvalue weighted by atomic mass is 10.2. The van der Waals surface area contributed by atoms with Crippen molar-refractivity contribution in [3.63, 3.8) is 0 Å². The summed E-state index contributed by atoms with van der Waals surface area (Å²) in [7, 11) is 0. The van der Waals surface area contributed by atoms with E-state index in [0.717, 1.165) is 22.5 Å². The molecule has 10 heteroatoms. The first-order valence-electron chi connectivity index (χ1n) is 10.6. The maximum atomic E-state index is 12.4. The Balaban J connectivity index is 1.31. The lowest BCUT2D eigenvalue weighted by Crippen LogP contribution is -2.23. The number of anilines is 1. The lowest BCUT2D eigenvalue weighted by molar-refractivity contribution is 0.0941. The molecule has 3 heterocycles. The molecule has 2 N–H and O–H groups in total. The molecule has 0 fully saturated rings. The molecule has 0 aliphatic carbocycles. The largest absolute Gasteiger partial charge is 0.455 e. The fourth-order valence-electron chi connectivity index (χ4n) is 3.15. The summed E-state index contributed by atoms with van der Waals surface area (Å²) >= 11 is 6.03. The van der Waals surface area contributed by atoms with E-state index in [2.05, 4.69) is 30.7 Å². The van der Waals surface area contributed by atoms with Crippen LogP contribution in [0.15, 0.2) is 59.3 Å². The molecule has 4 rings (SSSR count). The summed E-state index contributed by atoms with van der Waals surface area (Å²) in [6.45, 7) is 4.69. The van der Waals surface area contributed by atoms with Gasteiger partial charge in [0.15, 0.2) is 18.1 Å². The second-order valence-electron chi connectivity index (χ2n) is 7.62. The molecule has 3 aromatic heterocycles. The Morgan fingerprint density at radius 1 is 1.03 bits per heavy atom. The number of nitrogens with one attached hydrogen (secondary N) is 2. The van der Waals surface area contributed by atoms with Crippen LogP contribution in [-0.2, 0) is 19.7 Å². The number of aromatic nitrogens is 4. The molecule has 0 unspecified atom stereocenters. The molecule has 0 saturated heterocycles. The van der Waals surface area contributed by atoms with Crippen LogP contribution in [-0.4, -0.2) is 26.0 Å². The molecule has 1 amide bonds. The Labute approximate surface area is 201 Å². The smallest absolute Gasteiger partial charge is 0.319 e. The van der Waals surface area contributed by atoms with Gasteiger partial charge in [0.2, 0.25) is 0 Å². The summed E-state index contributed by atoms with van der Waals surface area (Å²) in [5.41, 5.74) is 3.76. The lowest BCUT2D eigenvalue weighted by Gasteiger charge is -2.09. The van der Waals surface area contributed by atoms with Crippen LogP contribution in [0.2, 0.25) is 5.02 Å². The number of carbonyl (C=O) groups excluding carboxylic acids is 1. The molecule has 0 bridgehead atoms.